The van der Waals surface area contributed by atoms with Gasteiger partial charge in [0.2, 0.25) is 0 Å². The summed E-state index contributed by atoms with van der Waals surface area (Å²) in [4.78, 5) is 12.6. The van der Waals surface area contributed by atoms with Crippen LogP contribution < -0.4 is 5.32 Å². The molecule has 0 unspecified atom stereocenters. The molecule has 1 aromatic carbocycles. The van der Waals surface area contributed by atoms with Crippen molar-refractivity contribution >= 4 is 34.9 Å². The second-order valence-electron chi connectivity index (χ2n) is 6.99. The van der Waals surface area contributed by atoms with Gasteiger partial charge in [-0.15, -0.1) is 0 Å². The van der Waals surface area contributed by atoms with Crippen LogP contribution in [0.25, 0.3) is 0 Å². The lowest BCUT2D eigenvalue weighted by Crippen LogP contribution is -2.16. The van der Waals surface area contributed by atoms with E-state index >= 15 is 0 Å². The zero-order chi connectivity index (χ0) is 22.1. The normalized spacial score (nSPS) is 11.1. The fourth-order valence-corrected chi connectivity index (χ4v) is 3.52. The van der Waals surface area contributed by atoms with Crippen molar-refractivity contribution in [1.29, 1.82) is 0 Å². The maximum Gasteiger partial charge on any atom is 0.277 e. The lowest BCUT2D eigenvalue weighted by molar-refractivity contribution is 0.102. The third-order valence-electron chi connectivity index (χ3n) is 4.59. The van der Waals surface area contributed by atoms with Gasteiger partial charge in [0.15, 0.2) is 11.5 Å². The average Bonchev–Trinajstić information content (AvgIpc) is 3.39. The second kappa shape index (κ2) is 8.52. The van der Waals surface area contributed by atoms with Crippen molar-refractivity contribution in [3.63, 3.8) is 0 Å². The first kappa shape index (κ1) is 21.1. The number of benzene rings is 1. The molecule has 0 aliphatic rings. The zero-order valence-electron chi connectivity index (χ0n) is 16.7. The molecule has 0 aliphatic carbocycles. The monoisotopic (exact) mass is 461 g/mol. The van der Waals surface area contributed by atoms with Gasteiger partial charge in [-0.25, -0.2) is 9.07 Å². The van der Waals surface area contributed by atoms with Crippen molar-refractivity contribution in [2.24, 2.45) is 0 Å². The Morgan fingerprint density at radius 2 is 1.90 bits per heavy atom. The van der Waals surface area contributed by atoms with Crippen LogP contribution in [0.5, 0.6) is 0 Å². The molecule has 160 valence electrons. The van der Waals surface area contributed by atoms with Gasteiger partial charge < -0.3 is 5.32 Å². The lowest BCUT2D eigenvalue weighted by atomic mass is 10.2. The van der Waals surface area contributed by atoms with E-state index in [2.05, 4.69) is 20.6 Å². The van der Waals surface area contributed by atoms with E-state index in [0.29, 0.717) is 6.67 Å². The summed E-state index contributed by atoms with van der Waals surface area (Å²) < 4.78 is 18.8. The van der Waals surface area contributed by atoms with E-state index in [-0.39, 0.29) is 33.7 Å². The highest BCUT2D eigenvalue weighted by Gasteiger charge is 2.16. The highest BCUT2D eigenvalue weighted by atomic mass is 35.5. The number of hydrogen-bond donors (Lipinski definition) is 1. The van der Waals surface area contributed by atoms with Crippen LogP contribution in [0.15, 0.2) is 42.7 Å². The summed E-state index contributed by atoms with van der Waals surface area (Å²) >= 11 is 12.3. The van der Waals surface area contributed by atoms with Crippen LogP contribution in [-0.4, -0.2) is 35.2 Å². The molecular weight excluding hydrogens is 444 g/mol. The Balaban J connectivity index is 1.46. The molecule has 4 aromatic rings. The molecule has 0 aliphatic heterocycles. The molecule has 0 radical (unpaired) electrons. The Labute approximate surface area is 187 Å². The van der Waals surface area contributed by atoms with E-state index in [1.54, 1.807) is 27.7 Å². The van der Waals surface area contributed by atoms with Gasteiger partial charge in [-0.1, -0.05) is 29.3 Å². The molecule has 0 bridgehead atoms. The standard InChI is InChI=1S/C20H18Cl2FN7O/c1-12-8-13(2)30(25-12)11-28-7-6-18(26-28)20(31)24-19-16(22)10-29(27-19)9-14-15(21)4-3-5-17(14)23/h3-8,10H,9,11H2,1-2H3,(H,24,27,31). The van der Waals surface area contributed by atoms with E-state index in [4.69, 9.17) is 23.2 Å². The molecule has 0 atom stereocenters. The van der Waals surface area contributed by atoms with Crippen LogP contribution in [-0.2, 0) is 13.2 Å². The molecule has 0 spiro atoms. The molecule has 11 heteroatoms. The number of nitrogens with one attached hydrogen (secondary N) is 1. The summed E-state index contributed by atoms with van der Waals surface area (Å²) in [5, 5.41) is 16.0. The number of carbonyl (C=O) groups excluding carboxylic acids is 1. The molecule has 8 nitrogen and oxygen atoms in total. The largest absolute Gasteiger partial charge is 0.302 e. The molecule has 1 N–H and O–H groups in total. The minimum atomic E-state index is -0.469. The molecule has 0 saturated heterocycles. The first-order valence-corrected chi connectivity index (χ1v) is 10.1. The van der Waals surface area contributed by atoms with Gasteiger partial charge in [0.25, 0.3) is 5.91 Å². The number of aromatic nitrogens is 6. The van der Waals surface area contributed by atoms with Crippen LogP contribution in [0.1, 0.15) is 27.4 Å². The van der Waals surface area contributed by atoms with Gasteiger partial charge >= 0.3 is 0 Å². The van der Waals surface area contributed by atoms with Crippen LogP contribution in [0.2, 0.25) is 10.0 Å². The summed E-state index contributed by atoms with van der Waals surface area (Å²) in [6.45, 7) is 4.31. The summed E-state index contributed by atoms with van der Waals surface area (Å²) in [5.74, 6) is -0.770. The number of amides is 1. The van der Waals surface area contributed by atoms with Gasteiger partial charge in [-0.3, -0.25) is 14.2 Å². The van der Waals surface area contributed by atoms with Crippen molar-refractivity contribution < 1.29 is 9.18 Å². The topological polar surface area (TPSA) is 82.6 Å². The Morgan fingerprint density at radius 1 is 1.10 bits per heavy atom. The summed E-state index contributed by atoms with van der Waals surface area (Å²) in [5.41, 5.74) is 2.38. The summed E-state index contributed by atoms with van der Waals surface area (Å²) in [6, 6.07) is 7.99. The van der Waals surface area contributed by atoms with E-state index in [1.165, 1.54) is 23.0 Å². The molecule has 0 saturated carbocycles. The molecule has 3 aromatic heterocycles. The number of aryl methyl sites for hydroxylation is 2. The molecule has 31 heavy (non-hydrogen) atoms. The Morgan fingerprint density at radius 3 is 2.61 bits per heavy atom. The quantitative estimate of drug-likeness (QED) is 0.467. The Hall–Kier alpha value is -3.17. The first-order valence-electron chi connectivity index (χ1n) is 9.32. The van der Waals surface area contributed by atoms with E-state index in [1.807, 2.05) is 19.9 Å². The number of nitrogens with zero attached hydrogens (tertiary/aromatic N) is 6. The van der Waals surface area contributed by atoms with Crippen molar-refractivity contribution in [3.8, 4) is 0 Å². The SMILES string of the molecule is Cc1cc(C)n(Cn2ccc(C(=O)Nc3nn(Cc4c(F)cccc4Cl)cc3Cl)n2)n1. The van der Waals surface area contributed by atoms with Crippen LogP contribution in [0.3, 0.4) is 0 Å². The van der Waals surface area contributed by atoms with Crippen LogP contribution in [0, 0.1) is 19.7 Å². The zero-order valence-corrected chi connectivity index (χ0v) is 18.2. The maximum absolute atomic E-state index is 14.0. The van der Waals surface area contributed by atoms with Crippen molar-refractivity contribution in [3.05, 3.63) is 81.2 Å². The predicted molar refractivity (Wildman–Crippen MR) is 115 cm³/mol. The predicted octanol–water partition coefficient (Wildman–Crippen LogP) is 4.15. The van der Waals surface area contributed by atoms with Crippen molar-refractivity contribution in [1.82, 2.24) is 29.3 Å². The summed E-state index contributed by atoms with van der Waals surface area (Å²) in [7, 11) is 0. The molecule has 3 heterocycles. The maximum atomic E-state index is 14.0. The third-order valence-corrected chi connectivity index (χ3v) is 5.22. The number of anilines is 1. The van der Waals surface area contributed by atoms with Gasteiger partial charge in [0.05, 0.1) is 12.2 Å². The highest BCUT2D eigenvalue weighted by Crippen LogP contribution is 2.24. The molecule has 0 fully saturated rings. The number of carbonyl (C=O) groups is 1. The fraction of sp³-hybridized carbons (Fsp3) is 0.200. The fourth-order valence-electron chi connectivity index (χ4n) is 3.10. The number of halogens is 3. The molecule has 1 amide bonds. The average molecular weight is 462 g/mol. The van der Waals surface area contributed by atoms with Crippen molar-refractivity contribution in [2.45, 2.75) is 27.1 Å². The lowest BCUT2D eigenvalue weighted by Gasteiger charge is -2.06. The minimum absolute atomic E-state index is 0.0678. The number of hydrogen-bond acceptors (Lipinski definition) is 4. The van der Waals surface area contributed by atoms with E-state index in [9.17, 15) is 9.18 Å². The third kappa shape index (κ3) is 4.62. The summed E-state index contributed by atoms with van der Waals surface area (Å²) in [6.07, 6.45) is 3.17. The highest BCUT2D eigenvalue weighted by molar-refractivity contribution is 6.33. The van der Waals surface area contributed by atoms with Gasteiger partial charge in [0, 0.05) is 28.7 Å². The smallest absolute Gasteiger partial charge is 0.277 e. The van der Waals surface area contributed by atoms with Gasteiger partial charge in [0.1, 0.15) is 17.5 Å². The Kier molecular flexibility index (Phi) is 5.79. The Bertz CT molecular complexity index is 1240. The van der Waals surface area contributed by atoms with Crippen LogP contribution >= 0.6 is 23.2 Å². The van der Waals surface area contributed by atoms with Gasteiger partial charge in [-0.05, 0) is 38.1 Å². The van der Waals surface area contributed by atoms with E-state index < -0.39 is 11.7 Å². The molecular formula is C20H18Cl2FN7O. The first-order chi connectivity index (χ1) is 14.8. The van der Waals surface area contributed by atoms with E-state index in [0.717, 1.165) is 11.4 Å². The second-order valence-corrected chi connectivity index (χ2v) is 7.80. The minimum Gasteiger partial charge on any atom is -0.302 e. The van der Waals surface area contributed by atoms with Crippen LogP contribution in [0.4, 0.5) is 10.2 Å². The molecule has 4 rings (SSSR count). The van der Waals surface area contributed by atoms with Gasteiger partial charge in [-0.2, -0.15) is 15.3 Å². The number of rotatable bonds is 6. The van der Waals surface area contributed by atoms with Crippen molar-refractivity contribution in [2.75, 3.05) is 5.32 Å².